The summed E-state index contributed by atoms with van der Waals surface area (Å²) >= 11 is 7.93. The van der Waals surface area contributed by atoms with Gasteiger partial charge in [-0.1, -0.05) is 29.8 Å². The van der Waals surface area contributed by atoms with Crippen LogP contribution in [-0.4, -0.2) is 15.7 Å². The number of aromatic nitrogens is 2. The van der Waals surface area contributed by atoms with Crippen LogP contribution in [0, 0.1) is 13.8 Å². The summed E-state index contributed by atoms with van der Waals surface area (Å²) in [5.41, 5.74) is 1.87. The van der Waals surface area contributed by atoms with Crippen LogP contribution < -0.4 is 5.32 Å². The molecule has 0 radical (unpaired) electrons. The number of hydrogen-bond acceptors (Lipinski definition) is 3. The van der Waals surface area contributed by atoms with Crippen molar-refractivity contribution in [3.8, 4) is 0 Å². The minimum absolute atomic E-state index is 0.204. The van der Waals surface area contributed by atoms with Crippen LogP contribution >= 0.6 is 22.9 Å². The van der Waals surface area contributed by atoms with Gasteiger partial charge in [0.25, 0.3) is 0 Å². The van der Waals surface area contributed by atoms with Gasteiger partial charge in [-0.2, -0.15) is 5.10 Å². The van der Waals surface area contributed by atoms with Gasteiger partial charge in [-0.05, 0) is 26.0 Å². The maximum atomic E-state index is 12.1. The van der Waals surface area contributed by atoms with Crippen molar-refractivity contribution in [3.05, 3.63) is 51.5 Å². The molecule has 2 aromatic heterocycles. The van der Waals surface area contributed by atoms with Crippen molar-refractivity contribution in [2.75, 3.05) is 5.32 Å². The van der Waals surface area contributed by atoms with E-state index >= 15 is 0 Å². The van der Waals surface area contributed by atoms with Crippen molar-refractivity contribution in [2.45, 2.75) is 13.8 Å². The summed E-state index contributed by atoms with van der Waals surface area (Å²) in [6, 6.07) is 7.93. The molecule has 3 aromatic rings. The number of benzene rings is 1. The fourth-order valence-corrected chi connectivity index (χ4v) is 3.79. The molecule has 0 aliphatic heterocycles. The second-order valence-corrected chi connectivity index (χ2v) is 6.74. The monoisotopic (exact) mass is 345 g/mol. The number of fused-ring (bicyclic) bond motifs is 1. The third-order valence-corrected chi connectivity index (χ3v) is 5.36. The first-order valence-corrected chi connectivity index (χ1v) is 8.33. The number of hydrogen-bond donors (Lipinski definition) is 1. The van der Waals surface area contributed by atoms with E-state index in [1.807, 2.05) is 45.2 Å². The number of aryl methyl sites for hydroxylation is 2. The maximum absolute atomic E-state index is 12.1. The quantitative estimate of drug-likeness (QED) is 0.707. The fourth-order valence-electron chi connectivity index (χ4n) is 2.39. The Balaban J connectivity index is 1.81. The van der Waals surface area contributed by atoms with Gasteiger partial charge in [-0.15, -0.1) is 11.3 Å². The summed E-state index contributed by atoms with van der Waals surface area (Å²) in [7, 11) is 1.81. The second kappa shape index (κ2) is 6.18. The van der Waals surface area contributed by atoms with Gasteiger partial charge >= 0.3 is 0 Å². The third kappa shape index (κ3) is 3.02. The predicted octanol–water partition coefficient (Wildman–Crippen LogP) is 4.56. The molecular formula is C17H16ClN3OS. The average Bonchev–Trinajstić information content (AvgIpc) is 2.97. The van der Waals surface area contributed by atoms with Gasteiger partial charge in [-0.3, -0.25) is 9.48 Å². The zero-order valence-electron chi connectivity index (χ0n) is 13.1. The molecule has 0 fully saturated rings. The summed E-state index contributed by atoms with van der Waals surface area (Å²) in [5.74, 6) is 0.504. The van der Waals surface area contributed by atoms with Crippen molar-refractivity contribution < 1.29 is 4.79 Å². The van der Waals surface area contributed by atoms with E-state index in [4.69, 9.17) is 11.6 Å². The predicted molar refractivity (Wildman–Crippen MR) is 97.2 cm³/mol. The molecule has 0 saturated heterocycles. The van der Waals surface area contributed by atoms with Crippen LogP contribution in [0.5, 0.6) is 0 Å². The number of nitrogens with one attached hydrogen (secondary N) is 1. The molecule has 0 atom stereocenters. The van der Waals surface area contributed by atoms with Gasteiger partial charge in [0, 0.05) is 33.7 Å². The van der Waals surface area contributed by atoms with Gasteiger partial charge in [0.1, 0.15) is 5.82 Å². The smallest absolute Gasteiger partial charge is 0.249 e. The van der Waals surface area contributed by atoms with E-state index in [0.717, 1.165) is 26.2 Å². The zero-order chi connectivity index (χ0) is 16.6. The van der Waals surface area contributed by atoms with Gasteiger partial charge in [0.15, 0.2) is 0 Å². The van der Waals surface area contributed by atoms with Crippen molar-refractivity contribution >= 4 is 50.8 Å². The van der Waals surface area contributed by atoms with E-state index in [1.54, 1.807) is 22.1 Å². The fraction of sp³-hybridized carbons (Fsp3) is 0.176. The minimum atomic E-state index is -0.204. The number of amides is 1. The lowest BCUT2D eigenvalue weighted by molar-refractivity contribution is -0.111. The highest BCUT2D eigenvalue weighted by atomic mass is 35.5. The minimum Gasteiger partial charge on any atom is -0.307 e. The first-order valence-electron chi connectivity index (χ1n) is 7.13. The maximum Gasteiger partial charge on any atom is 0.249 e. The number of carbonyl (C=O) groups is 1. The van der Waals surface area contributed by atoms with Crippen LogP contribution in [0.15, 0.2) is 30.3 Å². The Morgan fingerprint density at radius 1 is 1.35 bits per heavy atom. The van der Waals surface area contributed by atoms with Crippen LogP contribution in [0.25, 0.3) is 16.2 Å². The SMILES string of the molecule is Cc1nn(C)c(NC(=O)/C=C/c2sc3ccccc3c2Cl)c1C. The number of nitrogens with zero attached hydrogens (tertiary/aromatic N) is 2. The summed E-state index contributed by atoms with van der Waals surface area (Å²) in [4.78, 5) is 13.0. The van der Waals surface area contributed by atoms with Crippen LogP contribution in [0.2, 0.25) is 5.02 Å². The number of thiophene rings is 1. The van der Waals surface area contributed by atoms with Crippen molar-refractivity contribution in [2.24, 2.45) is 7.05 Å². The van der Waals surface area contributed by atoms with Gasteiger partial charge in [0.2, 0.25) is 5.91 Å². The number of rotatable bonds is 3. The Labute approximate surface area is 143 Å². The second-order valence-electron chi connectivity index (χ2n) is 5.28. The molecule has 23 heavy (non-hydrogen) atoms. The van der Waals surface area contributed by atoms with Crippen molar-refractivity contribution in [1.29, 1.82) is 0 Å². The number of carbonyl (C=O) groups excluding carboxylic acids is 1. The third-order valence-electron chi connectivity index (χ3n) is 3.71. The Hall–Kier alpha value is -2.11. The Morgan fingerprint density at radius 2 is 2.09 bits per heavy atom. The van der Waals surface area contributed by atoms with E-state index in [-0.39, 0.29) is 5.91 Å². The zero-order valence-corrected chi connectivity index (χ0v) is 14.6. The molecule has 3 rings (SSSR count). The summed E-state index contributed by atoms with van der Waals surface area (Å²) in [5, 5.41) is 8.84. The molecule has 0 aliphatic rings. The normalized spacial score (nSPS) is 11.5. The lowest BCUT2D eigenvalue weighted by Crippen LogP contribution is -2.12. The largest absolute Gasteiger partial charge is 0.307 e. The lowest BCUT2D eigenvalue weighted by Gasteiger charge is -2.03. The lowest BCUT2D eigenvalue weighted by atomic mass is 10.2. The Morgan fingerprint density at radius 3 is 2.74 bits per heavy atom. The molecule has 0 unspecified atom stereocenters. The van der Waals surface area contributed by atoms with Gasteiger partial charge in [0.05, 0.1) is 10.7 Å². The Kier molecular flexibility index (Phi) is 4.24. The molecular weight excluding hydrogens is 330 g/mol. The molecule has 0 saturated carbocycles. The molecule has 2 heterocycles. The van der Waals surface area contributed by atoms with E-state index in [1.165, 1.54) is 6.08 Å². The van der Waals surface area contributed by atoms with Crippen molar-refractivity contribution in [1.82, 2.24) is 9.78 Å². The number of halogens is 1. The van der Waals surface area contributed by atoms with E-state index in [0.29, 0.717) is 10.8 Å². The highest BCUT2D eigenvalue weighted by Gasteiger charge is 2.11. The summed E-state index contributed by atoms with van der Waals surface area (Å²) in [6.45, 7) is 3.85. The van der Waals surface area contributed by atoms with Crippen LogP contribution in [0.3, 0.4) is 0 Å². The molecule has 6 heteroatoms. The molecule has 0 spiro atoms. The van der Waals surface area contributed by atoms with Crippen LogP contribution in [0.4, 0.5) is 5.82 Å². The van der Waals surface area contributed by atoms with E-state index in [9.17, 15) is 4.79 Å². The molecule has 4 nitrogen and oxygen atoms in total. The standard InChI is InChI=1S/C17H16ClN3OS/c1-10-11(2)20-21(3)17(10)19-15(22)9-8-14-16(18)12-6-4-5-7-13(12)23-14/h4-9H,1-3H3,(H,19,22)/b9-8+. The first-order chi connectivity index (χ1) is 11.0. The van der Waals surface area contributed by atoms with E-state index < -0.39 is 0 Å². The average molecular weight is 346 g/mol. The van der Waals surface area contributed by atoms with Crippen molar-refractivity contribution in [3.63, 3.8) is 0 Å². The first kappa shape index (κ1) is 15.8. The van der Waals surface area contributed by atoms with Gasteiger partial charge in [-0.25, -0.2) is 0 Å². The molecule has 0 bridgehead atoms. The van der Waals surface area contributed by atoms with Gasteiger partial charge < -0.3 is 5.32 Å². The molecule has 118 valence electrons. The summed E-state index contributed by atoms with van der Waals surface area (Å²) in [6.07, 6.45) is 3.25. The molecule has 1 aromatic carbocycles. The molecule has 1 amide bonds. The number of anilines is 1. The van der Waals surface area contributed by atoms with E-state index in [2.05, 4.69) is 10.4 Å². The summed E-state index contributed by atoms with van der Waals surface area (Å²) < 4.78 is 2.78. The van der Waals surface area contributed by atoms with Crippen LogP contribution in [0.1, 0.15) is 16.1 Å². The topological polar surface area (TPSA) is 46.9 Å². The molecule has 0 aliphatic carbocycles. The Bertz CT molecular complexity index is 923. The highest BCUT2D eigenvalue weighted by molar-refractivity contribution is 7.20. The molecule has 1 N–H and O–H groups in total. The highest BCUT2D eigenvalue weighted by Crippen LogP contribution is 2.35. The van der Waals surface area contributed by atoms with Crippen LogP contribution in [-0.2, 0) is 11.8 Å².